The summed E-state index contributed by atoms with van der Waals surface area (Å²) in [6.07, 6.45) is 4.52. The molecule has 0 aliphatic heterocycles. The molecule has 1 heterocycles. The minimum atomic E-state index is 0.460. The van der Waals surface area contributed by atoms with E-state index in [0.29, 0.717) is 12.1 Å². The summed E-state index contributed by atoms with van der Waals surface area (Å²) in [4.78, 5) is 0. The van der Waals surface area contributed by atoms with Gasteiger partial charge in [0.2, 0.25) is 0 Å². The van der Waals surface area contributed by atoms with Crippen LogP contribution in [-0.2, 0) is 6.42 Å². The van der Waals surface area contributed by atoms with E-state index in [0.717, 1.165) is 18.3 Å². The molecule has 1 aromatic rings. The molecule has 1 aromatic heterocycles. The van der Waals surface area contributed by atoms with Crippen molar-refractivity contribution in [3.8, 4) is 0 Å². The molecule has 0 bridgehead atoms. The summed E-state index contributed by atoms with van der Waals surface area (Å²) in [7, 11) is 2.06. The van der Waals surface area contributed by atoms with Gasteiger partial charge in [0.25, 0.3) is 0 Å². The van der Waals surface area contributed by atoms with Gasteiger partial charge in [0.15, 0.2) is 0 Å². The number of likely N-dealkylation sites (N-methyl/N-ethyl adjacent to an activating group) is 1. The van der Waals surface area contributed by atoms with Crippen LogP contribution in [0.2, 0.25) is 0 Å². The fourth-order valence-corrected chi connectivity index (χ4v) is 2.38. The molecule has 1 N–H and O–H groups in total. The molecule has 3 heteroatoms. The molecule has 16 heavy (non-hydrogen) atoms. The summed E-state index contributed by atoms with van der Waals surface area (Å²) < 4.78 is 2.04. The van der Waals surface area contributed by atoms with Crippen LogP contribution in [0, 0.1) is 11.8 Å². The van der Waals surface area contributed by atoms with Gasteiger partial charge in [-0.25, -0.2) is 0 Å². The molecule has 0 radical (unpaired) electrons. The number of rotatable bonds is 5. The van der Waals surface area contributed by atoms with E-state index in [1.807, 2.05) is 4.68 Å². The molecule has 3 atom stereocenters. The third kappa shape index (κ3) is 2.46. The molecule has 1 saturated carbocycles. The van der Waals surface area contributed by atoms with Crippen molar-refractivity contribution in [1.29, 1.82) is 0 Å². The Bertz CT molecular complexity index is 343. The Morgan fingerprint density at radius 1 is 1.56 bits per heavy atom. The number of nitrogens with zero attached hydrogens (tertiary/aromatic N) is 2. The first-order chi connectivity index (χ1) is 7.61. The molecule has 90 valence electrons. The number of aromatic nitrogens is 2. The fourth-order valence-electron chi connectivity index (χ4n) is 2.38. The van der Waals surface area contributed by atoms with Gasteiger partial charge in [-0.1, -0.05) is 6.92 Å². The van der Waals surface area contributed by atoms with Crippen molar-refractivity contribution in [2.75, 3.05) is 7.05 Å². The van der Waals surface area contributed by atoms with Crippen molar-refractivity contribution >= 4 is 0 Å². The first kappa shape index (κ1) is 11.6. The lowest BCUT2D eigenvalue weighted by molar-refractivity contribution is 0.465. The topological polar surface area (TPSA) is 29.9 Å². The van der Waals surface area contributed by atoms with Crippen LogP contribution >= 0.6 is 0 Å². The molecular formula is C13H23N3. The van der Waals surface area contributed by atoms with Crippen LogP contribution in [-0.4, -0.2) is 22.9 Å². The average Bonchev–Trinajstić information content (AvgIpc) is 2.80. The van der Waals surface area contributed by atoms with Gasteiger partial charge >= 0.3 is 0 Å². The first-order valence-electron chi connectivity index (χ1n) is 6.33. The maximum Gasteiger partial charge on any atom is 0.0640 e. The third-order valence-electron chi connectivity index (χ3n) is 3.68. The number of hydrogen-bond donors (Lipinski definition) is 1. The lowest BCUT2D eigenvalue weighted by Crippen LogP contribution is -2.30. The second-order valence-corrected chi connectivity index (χ2v) is 5.36. The number of hydrogen-bond acceptors (Lipinski definition) is 2. The fraction of sp³-hybridized carbons (Fsp3) is 0.769. The molecular weight excluding hydrogens is 198 g/mol. The molecule has 3 unspecified atom stereocenters. The summed E-state index contributed by atoms with van der Waals surface area (Å²) in [5.74, 6) is 1.75. The highest BCUT2D eigenvalue weighted by Gasteiger charge is 2.38. The highest BCUT2D eigenvalue weighted by atomic mass is 15.3. The summed E-state index contributed by atoms with van der Waals surface area (Å²) in [6.45, 7) is 6.66. The van der Waals surface area contributed by atoms with Gasteiger partial charge in [0.1, 0.15) is 0 Å². The summed E-state index contributed by atoms with van der Waals surface area (Å²) in [5.41, 5.74) is 1.21. The van der Waals surface area contributed by atoms with Crippen molar-refractivity contribution in [2.24, 2.45) is 11.8 Å². The SMILES string of the molecule is CNC(Cc1ccn(C(C)C)n1)C1CC1C. The standard InChI is InChI=1S/C13H23N3/c1-9(2)16-6-5-11(15-16)8-13(14-4)12-7-10(12)3/h5-6,9-10,12-14H,7-8H2,1-4H3. The van der Waals surface area contributed by atoms with Crippen molar-refractivity contribution in [1.82, 2.24) is 15.1 Å². The van der Waals surface area contributed by atoms with Crippen molar-refractivity contribution in [2.45, 2.75) is 45.7 Å². The van der Waals surface area contributed by atoms with Gasteiger partial charge in [0, 0.05) is 24.7 Å². The first-order valence-corrected chi connectivity index (χ1v) is 6.33. The number of nitrogens with one attached hydrogen (secondary N) is 1. The molecule has 0 spiro atoms. The molecule has 1 aliphatic carbocycles. The molecule has 0 aromatic carbocycles. The van der Waals surface area contributed by atoms with Crippen molar-refractivity contribution < 1.29 is 0 Å². The second kappa shape index (κ2) is 4.58. The van der Waals surface area contributed by atoms with Crippen LogP contribution in [0.5, 0.6) is 0 Å². The maximum absolute atomic E-state index is 4.61. The minimum absolute atomic E-state index is 0.460. The molecule has 0 amide bonds. The Balaban J connectivity index is 1.96. The van der Waals surface area contributed by atoms with E-state index in [2.05, 4.69) is 50.5 Å². The third-order valence-corrected chi connectivity index (χ3v) is 3.68. The average molecular weight is 221 g/mol. The molecule has 1 fully saturated rings. The molecule has 2 rings (SSSR count). The molecule has 3 nitrogen and oxygen atoms in total. The van der Waals surface area contributed by atoms with Crippen LogP contribution in [0.15, 0.2) is 12.3 Å². The van der Waals surface area contributed by atoms with Gasteiger partial charge in [0.05, 0.1) is 5.69 Å². The van der Waals surface area contributed by atoms with Crippen LogP contribution in [0.1, 0.15) is 38.9 Å². The minimum Gasteiger partial charge on any atom is -0.316 e. The highest BCUT2D eigenvalue weighted by Crippen LogP contribution is 2.41. The van der Waals surface area contributed by atoms with Gasteiger partial charge < -0.3 is 5.32 Å². The Kier molecular flexibility index (Phi) is 3.33. The highest BCUT2D eigenvalue weighted by molar-refractivity contribution is 5.05. The zero-order chi connectivity index (χ0) is 11.7. The van der Waals surface area contributed by atoms with Crippen molar-refractivity contribution in [3.05, 3.63) is 18.0 Å². The molecule has 0 saturated heterocycles. The Labute approximate surface area is 98.2 Å². The summed E-state index contributed by atoms with van der Waals surface area (Å²) >= 11 is 0. The summed E-state index contributed by atoms with van der Waals surface area (Å²) in [6, 6.07) is 3.21. The summed E-state index contributed by atoms with van der Waals surface area (Å²) in [5, 5.41) is 8.04. The van der Waals surface area contributed by atoms with Crippen LogP contribution < -0.4 is 5.32 Å². The van der Waals surface area contributed by atoms with Crippen LogP contribution in [0.3, 0.4) is 0 Å². The normalized spacial score (nSPS) is 26.1. The smallest absolute Gasteiger partial charge is 0.0640 e. The quantitative estimate of drug-likeness (QED) is 0.826. The Hall–Kier alpha value is -0.830. The van der Waals surface area contributed by atoms with Crippen LogP contribution in [0.4, 0.5) is 0 Å². The zero-order valence-electron chi connectivity index (χ0n) is 10.8. The lowest BCUT2D eigenvalue weighted by Gasteiger charge is -2.14. The van der Waals surface area contributed by atoms with E-state index < -0.39 is 0 Å². The van der Waals surface area contributed by atoms with Crippen LogP contribution in [0.25, 0.3) is 0 Å². The van der Waals surface area contributed by atoms with E-state index in [1.54, 1.807) is 0 Å². The van der Waals surface area contributed by atoms with Gasteiger partial charge in [-0.05, 0) is 45.2 Å². The largest absolute Gasteiger partial charge is 0.316 e. The van der Waals surface area contributed by atoms with Gasteiger partial charge in [-0.15, -0.1) is 0 Å². The van der Waals surface area contributed by atoms with Gasteiger partial charge in [-0.3, -0.25) is 4.68 Å². The zero-order valence-corrected chi connectivity index (χ0v) is 10.8. The monoisotopic (exact) mass is 221 g/mol. The Morgan fingerprint density at radius 2 is 2.25 bits per heavy atom. The van der Waals surface area contributed by atoms with E-state index >= 15 is 0 Å². The van der Waals surface area contributed by atoms with E-state index in [-0.39, 0.29) is 0 Å². The predicted octanol–water partition coefficient (Wildman–Crippen LogP) is 2.25. The second-order valence-electron chi connectivity index (χ2n) is 5.36. The Morgan fingerprint density at radius 3 is 2.69 bits per heavy atom. The maximum atomic E-state index is 4.61. The van der Waals surface area contributed by atoms with E-state index in [1.165, 1.54) is 12.1 Å². The predicted molar refractivity (Wildman–Crippen MR) is 66.4 cm³/mol. The van der Waals surface area contributed by atoms with E-state index in [4.69, 9.17) is 0 Å². The van der Waals surface area contributed by atoms with Gasteiger partial charge in [-0.2, -0.15) is 5.10 Å². The van der Waals surface area contributed by atoms with Crippen molar-refractivity contribution in [3.63, 3.8) is 0 Å². The lowest BCUT2D eigenvalue weighted by atomic mass is 10.1. The van der Waals surface area contributed by atoms with E-state index in [9.17, 15) is 0 Å². The molecule has 1 aliphatic rings.